The summed E-state index contributed by atoms with van der Waals surface area (Å²) in [4.78, 5) is 25.9. The molecule has 146 valence electrons. The molecular weight excluding hydrogens is 356 g/mol. The summed E-state index contributed by atoms with van der Waals surface area (Å²) >= 11 is 0. The number of amides is 2. The molecule has 6 nitrogen and oxygen atoms in total. The van der Waals surface area contributed by atoms with Crippen molar-refractivity contribution in [2.45, 2.75) is 20.3 Å². The first-order chi connectivity index (χ1) is 13.6. The van der Waals surface area contributed by atoms with E-state index in [4.69, 9.17) is 9.47 Å². The van der Waals surface area contributed by atoms with Crippen LogP contribution < -0.4 is 9.47 Å². The summed E-state index contributed by atoms with van der Waals surface area (Å²) in [6, 6.07) is 5.48. The molecule has 0 unspecified atom stereocenters. The molecule has 0 N–H and O–H groups in total. The topological polar surface area (TPSA) is 68.2 Å². The van der Waals surface area contributed by atoms with Gasteiger partial charge < -0.3 is 9.47 Å². The minimum absolute atomic E-state index is 0.146. The molecule has 28 heavy (non-hydrogen) atoms. The Hall–Kier alpha value is -2.63. The van der Waals surface area contributed by atoms with E-state index in [1.54, 1.807) is 6.21 Å². The third-order valence-electron chi connectivity index (χ3n) is 6.53. The average molecular weight is 380 g/mol. The fourth-order valence-electron chi connectivity index (χ4n) is 5.33. The molecular formula is C22H24N2O4. The van der Waals surface area contributed by atoms with Crippen molar-refractivity contribution in [1.29, 1.82) is 0 Å². The van der Waals surface area contributed by atoms with Crippen LogP contribution in [0.25, 0.3) is 0 Å². The largest absolute Gasteiger partial charge is 0.490 e. The van der Waals surface area contributed by atoms with Crippen LogP contribution in [-0.2, 0) is 9.59 Å². The van der Waals surface area contributed by atoms with Crippen molar-refractivity contribution in [2.24, 2.45) is 40.6 Å². The second kappa shape index (κ2) is 6.47. The molecule has 0 aromatic heterocycles. The maximum absolute atomic E-state index is 12.9. The Balaban J connectivity index is 1.38. The highest BCUT2D eigenvalue weighted by molar-refractivity contribution is 6.06. The minimum Gasteiger partial charge on any atom is -0.490 e. The van der Waals surface area contributed by atoms with Crippen LogP contribution in [0.2, 0.25) is 0 Å². The monoisotopic (exact) mass is 380 g/mol. The number of hydrogen-bond donors (Lipinski definition) is 0. The van der Waals surface area contributed by atoms with Crippen molar-refractivity contribution in [3.63, 3.8) is 0 Å². The Bertz CT molecular complexity index is 857. The summed E-state index contributed by atoms with van der Waals surface area (Å²) in [7, 11) is 0. The SMILES string of the molecule is CCOc1ccc(/C=N\N2C(=O)[C@H]3[C@@H]4C=C[C@H]([C@@H]5C[C@H]45)[C@@H]3C2=O)cc1OCC. The summed E-state index contributed by atoms with van der Waals surface area (Å²) in [5.41, 5.74) is 0.756. The van der Waals surface area contributed by atoms with Gasteiger partial charge in [-0.1, -0.05) is 12.2 Å². The van der Waals surface area contributed by atoms with Crippen LogP contribution in [0.4, 0.5) is 0 Å². The van der Waals surface area contributed by atoms with Crippen LogP contribution >= 0.6 is 0 Å². The van der Waals surface area contributed by atoms with E-state index in [0.717, 1.165) is 17.0 Å². The van der Waals surface area contributed by atoms with Gasteiger partial charge in [0.05, 0.1) is 31.3 Å². The predicted octanol–water partition coefficient (Wildman–Crippen LogP) is 2.87. The van der Waals surface area contributed by atoms with Crippen LogP contribution in [-0.4, -0.2) is 36.3 Å². The van der Waals surface area contributed by atoms with Crippen LogP contribution in [0.15, 0.2) is 35.5 Å². The summed E-state index contributed by atoms with van der Waals surface area (Å²) in [5.74, 6) is 2.18. The van der Waals surface area contributed by atoms with Crippen molar-refractivity contribution in [1.82, 2.24) is 5.01 Å². The molecule has 6 rings (SSSR count). The molecule has 1 saturated heterocycles. The Labute approximate surface area is 164 Å². The lowest BCUT2D eigenvalue weighted by Gasteiger charge is -2.37. The van der Waals surface area contributed by atoms with Crippen molar-refractivity contribution in [2.75, 3.05) is 13.2 Å². The van der Waals surface area contributed by atoms with E-state index in [-0.39, 0.29) is 35.5 Å². The number of carbonyl (C=O) groups excluding carboxylic acids is 2. The third kappa shape index (κ3) is 2.50. The van der Waals surface area contributed by atoms with E-state index in [1.165, 1.54) is 0 Å². The first kappa shape index (κ1) is 17.5. The van der Waals surface area contributed by atoms with Crippen LogP contribution in [0.1, 0.15) is 25.8 Å². The molecule has 0 radical (unpaired) electrons. The Morgan fingerprint density at radius 1 is 1.00 bits per heavy atom. The van der Waals surface area contributed by atoms with Gasteiger partial charge >= 0.3 is 0 Å². The maximum atomic E-state index is 12.9. The Morgan fingerprint density at radius 3 is 2.21 bits per heavy atom. The van der Waals surface area contributed by atoms with Gasteiger partial charge in [0.2, 0.25) is 0 Å². The van der Waals surface area contributed by atoms with Gasteiger partial charge in [-0.3, -0.25) is 9.59 Å². The van der Waals surface area contributed by atoms with Gasteiger partial charge in [0.1, 0.15) is 0 Å². The van der Waals surface area contributed by atoms with Crippen molar-refractivity contribution < 1.29 is 19.1 Å². The fourth-order valence-corrected chi connectivity index (χ4v) is 5.33. The van der Waals surface area contributed by atoms with Crippen molar-refractivity contribution in [3.05, 3.63) is 35.9 Å². The Morgan fingerprint density at radius 2 is 1.61 bits per heavy atom. The number of imide groups is 1. The zero-order valence-corrected chi connectivity index (χ0v) is 16.1. The summed E-state index contributed by atoms with van der Waals surface area (Å²) < 4.78 is 11.2. The van der Waals surface area contributed by atoms with Gasteiger partial charge in [-0.2, -0.15) is 10.1 Å². The highest BCUT2D eigenvalue weighted by Crippen LogP contribution is 2.65. The lowest BCUT2D eigenvalue weighted by atomic mass is 9.63. The number of rotatable bonds is 6. The molecule has 1 heterocycles. The molecule has 6 atom stereocenters. The number of hydrazone groups is 1. The highest BCUT2D eigenvalue weighted by Gasteiger charge is 2.67. The Kier molecular flexibility index (Phi) is 4.03. The zero-order chi connectivity index (χ0) is 19.4. The first-order valence-corrected chi connectivity index (χ1v) is 10.1. The predicted molar refractivity (Wildman–Crippen MR) is 103 cm³/mol. The van der Waals surface area contributed by atoms with E-state index in [0.29, 0.717) is 36.5 Å². The van der Waals surface area contributed by atoms with E-state index in [1.807, 2.05) is 32.0 Å². The molecule has 0 spiro atoms. The molecule has 1 aromatic carbocycles. The molecule has 6 heteroatoms. The van der Waals surface area contributed by atoms with E-state index in [9.17, 15) is 9.59 Å². The molecule has 4 aliphatic carbocycles. The molecule has 2 amide bonds. The van der Waals surface area contributed by atoms with Gasteiger partial charge in [-0.05, 0) is 67.7 Å². The molecule has 2 saturated carbocycles. The quantitative estimate of drug-likeness (QED) is 0.432. The fraction of sp³-hybridized carbons (Fsp3) is 0.500. The summed E-state index contributed by atoms with van der Waals surface area (Å²) in [6.07, 6.45) is 7.05. The molecule has 3 fully saturated rings. The van der Waals surface area contributed by atoms with Gasteiger partial charge in [-0.25, -0.2) is 0 Å². The summed E-state index contributed by atoms with van der Waals surface area (Å²) in [5, 5.41) is 5.38. The third-order valence-corrected chi connectivity index (χ3v) is 6.53. The molecule has 1 aromatic rings. The number of ether oxygens (including phenoxy) is 2. The second-order valence-electron chi connectivity index (χ2n) is 7.96. The molecule has 1 aliphatic heterocycles. The number of benzene rings is 1. The van der Waals surface area contributed by atoms with E-state index >= 15 is 0 Å². The zero-order valence-electron chi connectivity index (χ0n) is 16.1. The number of nitrogens with zero attached hydrogens (tertiary/aromatic N) is 2. The number of carbonyl (C=O) groups is 2. The van der Waals surface area contributed by atoms with E-state index in [2.05, 4.69) is 17.3 Å². The molecule has 2 bridgehead atoms. The lowest BCUT2D eigenvalue weighted by Crippen LogP contribution is -2.40. The highest BCUT2D eigenvalue weighted by atomic mass is 16.5. The summed E-state index contributed by atoms with van der Waals surface area (Å²) in [6.45, 7) is 4.89. The van der Waals surface area contributed by atoms with Gasteiger partial charge in [-0.15, -0.1) is 0 Å². The van der Waals surface area contributed by atoms with Gasteiger partial charge in [0.25, 0.3) is 11.8 Å². The van der Waals surface area contributed by atoms with Crippen molar-refractivity contribution >= 4 is 18.0 Å². The average Bonchev–Trinajstić information content (AvgIpc) is 3.48. The van der Waals surface area contributed by atoms with Crippen LogP contribution in [0, 0.1) is 35.5 Å². The number of hydrogen-bond acceptors (Lipinski definition) is 5. The van der Waals surface area contributed by atoms with Gasteiger partial charge in [0.15, 0.2) is 11.5 Å². The van der Waals surface area contributed by atoms with Crippen molar-refractivity contribution in [3.8, 4) is 11.5 Å². The second-order valence-corrected chi connectivity index (χ2v) is 7.96. The maximum Gasteiger partial charge on any atom is 0.254 e. The normalized spacial score (nSPS) is 34.7. The molecule has 5 aliphatic rings. The number of allylic oxidation sites excluding steroid dienone is 2. The minimum atomic E-state index is -0.220. The first-order valence-electron chi connectivity index (χ1n) is 10.1. The standard InChI is InChI=1S/C22H24N2O4/c1-3-27-17-8-5-12(9-18(17)28-4-2)11-23-24-21(25)19-13-6-7-14(16-10-15(13)16)20(19)22(24)26/h5-9,11,13-16,19-20H,3-4,10H2,1-2H3/b23-11-/t13-,14-,15-,16+,19+,20+/m1/s1. The van der Waals surface area contributed by atoms with Crippen LogP contribution in [0.5, 0.6) is 11.5 Å². The van der Waals surface area contributed by atoms with E-state index < -0.39 is 0 Å². The smallest absolute Gasteiger partial charge is 0.254 e. The van der Waals surface area contributed by atoms with Crippen LogP contribution in [0.3, 0.4) is 0 Å². The lowest BCUT2D eigenvalue weighted by molar-refractivity contribution is -0.140. The van der Waals surface area contributed by atoms with Gasteiger partial charge in [0, 0.05) is 0 Å².